The second kappa shape index (κ2) is 9.54. The van der Waals surface area contributed by atoms with Crippen LogP contribution >= 0.6 is 0 Å². The number of halogens is 2. The lowest BCUT2D eigenvalue weighted by atomic mass is 10.1. The molecular formula is C24H20F2N4O5S. The minimum atomic E-state index is -4.43. The summed E-state index contributed by atoms with van der Waals surface area (Å²) in [6.07, 6.45) is 4.67. The van der Waals surface area contributed by atoms with E-state index in [9.17, 15) is 22.3 Å². The molecule has 2 N–H and O–H groups in total. The molecule has 0 aliphatic rings. The summed E-state index contributed by atoms with van der Waals surface area (Å²) in [5, 5.41) is 14.2. The van der Waals surface area contributed by atoms with Crippen molar-refractivity contribution < 1.29 is 31.8 Å². The van der Waals surface area contributed by atoms with Crippen molar-refractivity contribution in [2.75, 3.05) is 18.9 Å². The molecule has 0 saturated heterocycles. The van der Waals surface area contributed by atoms with E-state index in [1.165, 1.54) is 39.6 Å². The van der Waals surface area contributed by atoms with Crippen LogP contribution < -0.4 is 9.46 Å². The van der Waals surface area contributed by atoms with Gasteiger partial charge in [0, 0.05) is 38.1 Å². The number of aliphatic hydroxyl groups is 1. The van der Waals surface area contributed by atoms with Gasteiger partial charge in [-0.3, -0.25) is 4.72 Å². The molecule has 0 radical (unpaired) electrons. The molecular weight excluding hydrogens is 494 g/mol. The van der Waals surface area contributed by atoms with Gasteiger partial charge in [0.2, 0.25) is 11.7 Å². The second-order valence-electron chi connectivity index (χ2n) is 7.70. The number of sulfonamides is 1. The molecule has 9 nitrogen and oxygen atoms in total. The van der Waals surface area contributed by atoms with E-state index in [4.69, 9.17) is 9.47 Å². The van der Waals surface area contributed by atoms with Crippen molar-refractivity contribution in [1.29, 1.82) is 0 Å². The van der Waals surface area contributed by atoms with Crippen LogP contribution in [-0.2, 0) is 14.8 Å². The van der Waals surface area contributed by atoms with E-state index in [2.05, 4.69) is 26.6 Å². The van der Waals surface area contributed by atoms with E-state index in [0.29, 0.717) is 28.3 Å². The molecule has 186 valence electrons. The topological polar surface area (TPSA) is 115 Å². The number of hydrogen-bond acceptors (Lipinski definition) is 7. The zero-order valence-electron chi connectivity index (χ0n) is 19.3. The van der Waals surface area contributed by atoms with E-state index >= 15 is 0 Å². The number of benzene rings is 1. The van der Waals surface area contributed by atoms with E-state index in [1.54, 1.807) is 22.8 Å². The summed E-state index contributed by atoms with van der Waals surface area (Å²) in [5.41, 5.74) is 2.21. The first kappa shape index (κ1) is 25.1. The number of fused-ring (bicyclic) bond motifs is 1. The number of pyridine rings is 2. The highest BCUT2D eigenvalue weighted by molar-refractivity contribution is 7.92. The fourth-order valence-electron chi connectivity index (χ4n) is 3.23. The SMILES string of the molecule is COc1ncc(-c2ccn3ncc(C#CC(C)(O)OC)c3c2)cc1NS(=O)(=O)c1ccc(F)cc1F. The van der Waals surface area contributed by atoms with Gasteiger partial charge in [-0.1, -0.05) is 5.92 Å². The van der Waals surface area contributed by atoms with E-state index in [0.717, 1.165) is 12.1 Å². The number of methoxy groups -OCH3 is 2. The van der Waals surface area contributed by atoms with Crippen LogP contribution in [0, 0.1) is 23.5 Å². The number of aromatic nitrogens is 3. The van der Waals surface area contributed by atoms with Gasteiger partial charge in [0.1, 0.15) is 22.2 Å². The molecule has 36 heavy (non-hydrogen) atoms. The quantitative estimate of drug-likeness (QED) is 0.300. The lowest BCUT2D eigenvalue weighted by molar-refractivity contribution is -0.122. The molecule has 0 aliphatic carbocycles. The van der Waals surface area contributed by atoms with Crippen molar-refractivity contribution in [1.82, 2.24) is 14.6 Å². The van der Waals surface area contributed by atoms with Crippen molar-refractivity contribution in [3.8, 4) is 28.8 Å². The number of hydrogen-bond donors (Lipinski definition) is 2. The fourth-order valence-corrected chi connectivity index (χ4v) is 4.34. The molecule has 1 aromatic carbocycles. The Balaban J connectivity index is 1.74. The van der Waals surface area contributed by atoms with Crippen LogP contribution in [0.3, 0.4) is 0 Å². The summed E-state index contributed by atoms with van der Waals surface area (Å²) in [4.78, 5) is 3.43. The molecule has 12 heteroatoms. The van der Waals surface area contributed by atoms with E-state index < -0.39 is 32.3 Å². The van der Waals surface area contributed by atoms with Crippen LogP contribution in [-0.4, -0.2) is 48.1 Å². The van der Waals surface area contributed by atoms with Gasteiger partial charge < -0.3 is 14.6 Å². The number of nitrogens with zero attached hydrogens (tertiary/aromatic N) is 3. The third kappa shape index (κ3) is 5.13. The van der Waals surface area contributed by atoms with Crippen LogP contribution in [0.2, 0.25) is 0 Å². The van der Waals surface area contributed by atoms with E-state index in [1.807, 2.05) is 0 Å². The van der Waals surface area contributed by atoms with Crippen LogP contribution in [0.4, 0.5) is 14.5 Å². The molecule has 4 rings (SSSR count). The Hall–Kier alpha value is -4.05. The molecule has 0 saturated carbocycles. The van der Waals surface area contributed by atoms with Crippen molar-refractivity contribution in [3.05, 3.63) is 72.2 Å². The van der Waals surface area contributed by atoms with E-state index in [-0.39, 0.29) is 11.6 Å². The normalized spacial score (nSPS) is 13.1. The summed E-state index contributed by atoms with van der Waals surface area (Å²) < 4.78 is 66.9. The van der Waals surface area contributed by atoms with Crippen molar-refractivity contribution >= 4 is 21.2 Å². The molecule has 1 atom stereocenters. The van der Waals surface area contributed by atoms with Crippen LogP contribution in [0.25, 0.3) is 16.6 Å². The summed E-state index contributed by atoms with van der Waals surface area (Å²) in [6.45, 7) is 1.40. The molecule has 0 fully saturated rings. The predicted octanol–water partition coefficient (Wildman–Crippen LogP) is 3.19. The van der Waals surface area contributed by atoms with Gasteiger partial charge >= 0.3 is 0 Å². The molecule has 3 aromatic heterocycles. The minimum absolute atomic E-state index is 0.0522. The Morgan fingerprint density at radius 3 is 2.58 bits per heavy atom. The number of ether oxygens (including phenoxy) is 2. The summed E-state index contributed by atoms with van der Waals surface area (Å²) in [5.74, 6) is 1.60. The monoisotopic (exact) mass is 514 g/mol. The molecule has 0 aliphatic heterocycles. The molecule has 0 spiro atoms. The maximum atomic E-state index is 14.1. The summed E-state index contributed by atoms with van der Waals surface area (Å²) >= 11 is 0. The first-order valence-corrected chi connectivity index (χ1v) is 11.8. The molecule has 1 unspecified atom stereocenters. The Labute approximate surface area is 205 Å². The van der Waals surface area contributed by atoms with Crippen LogP contribution in [0.15, 0.2) is 59.9 Å². The van der Waals surface area contributed by atoms with Gasteiger partial charge in [-0.05, 0) is 41.8 Å². The highest BCUT2D eigenvalue weighted by Gasteiger charge is 2.22. The van der Waals surface area contributed by atoms with Crippen molar-refractivity contribution in [2.45, 2.75) is 17.6 Å². The maximum Gasteiger partial charge on any atom is 0.264 e. The average Bonchev–Trinajstić information content (AvgIpc) is 3.24. The lowest BCUT2D eigenvalue weighted by Gasteiger charge is -2.13. The molecule has 4 aromatic rings. The second-order valence-corrected chi connectivity index (χ2v) is 9.35. The first-order valence-electron chi connectivity index (χ1n) is 10.3. The minimum Gasteiger partial charge on any atom is -0.480 e. The van der Waals surface area contributed by atoms with Gasteiger partial charge in [0.25, 0.3) is 10.0 Å². The standard InChI is InChI=1S/C24H20F2N4O5S/c1-24(31,35-3)8-6-16-14-28-30-9-7-15(11-21(16)30)17-10-20(23(34-2)27-13-17)29-36(32,33)22-5-4-18(25)12-19(22)26/h4-5,7,9-14,29,31H,1-3H3. The largest absolute Gasteiger partial charge is 0.480 e. The van der Waals surface area contributed by atoms with Gasteiger partial charge in [-0.15, -0.1) is 0 Å². The number of nitrogens with one attached hydrogen (secondary N) is 1. The molecule has 0 bridgehead atoms. The Bertz CT molecular complexity index is 1620. The van der Waals surface area contributed by atoms with Crippen molar-refractivity contribution in [3.63, 3.8) is 0 Å². The van der Waals surface area contributed by atoms with Gasteiger partial charge in [0.05, 0.1) is 24.4 Å². The highest BCUT2D eigenvalue weighted by Crippen LogP contribution is 2.31. The Morgan fingerprint density at radius 2 is 1.89 bits per heavy atom. The van der Waals surface area contributed by atoms with Crippen LogP contribution in [0.1, 0.15) is 12.5 Å². The highest BCUT2D eigenvalue weighted by atomic mass is 32.2. The Kier molecular flexibility index (Phi) is 6.64. The Morgan fingerprint density at radius 1 is 1.11 bits per heavy atom. The lowest BCUT2D eigenvalue weighted by Crippen LogP contribution is -2.23. The fraction of sp³-hybridized carbons (Fsp3) is 0.167. The zero-order chi connectivity index (χ0) is 26.1. The van der Waals surface area contributed by atoms with Gasteiger partial charge in [-0.25, -0.2) is 26.7 Å². The summed E-state index contributed by atoms with van der Waals surface area (Å²) in [6, 6.07) is 7.09. The molecule has 0 amide bonds. The van der Waals surface area contributed by atoms with Gasteiger partial charge in [0.15, 0.2) is 0 Å². The number of rotatable bonds is 6. The van der Waals surface area contributed by atoms with Crippen molar-refractivity contribution in [2.24, 2.45) is 0 Å². The van der Waals surface area contributed by atoms with Crippen LogP contribution in [0.5, 0.6) is 5.88 Å². The summed E-state index contributed by atoms with van der Waals surface area (Å²) in [7, 11) is -1.80. The third-order valence-electron chi connectivity index (χ3n) is 5.15. The molecule has 3 heterocycles. The zero-order valence-corrected chi connectivity index (χ0v) is 20.1. The smallest absolute Gasteiger partial charge is 0.264 e. The average molecular weight is 515 g/mol. The maximum absolute atomic E-state index is 14.1. The number of anilines is 1. The third-order valence-corrected chi connectivity index (χ3v) is 6.55. The first-order chi connectivity index (χ1) is 17.0. The van der Waals surface area contributed by atoms with Gasteiger partial charge in [-0.2, -0.15) is 5.10 Å². The predicted molar refractivity (Wildman–Crippen MR) is 127 cm³/mol.